The summed E-state index contributed by atoms with van der Waals surface area (Å²) < 4.78 is 27.6. The van der Waals surface area contributed by atoms with Crippen molar-refractivity contribution in [2.75, 3.05) is 25.0 Å². The highest BCUT2D eigenvalue weighted by molar-refractivity contribution is 7.90. The second-order valence-electron chi connectivity index (χ2n) is 8.42. The number of carbonyl (C=O) groups is 1. The first-order valence-electron chi connectivity index (χ1n) is 10.9. The number of hydrogen-bond acceptors (Lipinski definition) is 7. The third kappa shape index (κ3) is 3.97. The first-order chi connectivity index (χ1) is 16.3. The van der Waals surface area contributed by atoms with Crippen LogP contribution in [0.15, 0.2) is 53.7 Å². The van der Waals surface area contributed by atoms with Crippen molar-refractivity contribution in [3.05, 3.63) is 54.4 Å². The highest BCUT2D eigenvalue weighted by Gasteiger charge is 2.33. The molecule has 1 aromatic carbocycles. The van der Waals surface area contributed by atoms with Crippen molar-refractivity contribution in [3.63, 3.8) is 0 Å². The Balaban J connectivity index is 1.79. The number of likely N-dealkylation sites (N-methyl/N-ethyl adjacent to an activating group) is 1. The molecule has 3 heterocycles. The number of likely N-dealkylation sites (tertiary alicyclic amines) is 1. The molecule has 9 nitrogen and oxygen atoms in total. The Kier molecular flexibility index (Phi) is 6.27. The van der Waals surface area contributed by atoms with E-state index >= 15 is 0 Å². The maximum absolute atomic E-state index is 13.3. The molecule has 0 bridgehead atoms. The normalized spacial score (nSPS) is 18.3. The van der Waals surface area contributed by atoms with E-state index in [4.69, 9.17) is 5.26 Å². The molecule has 1 saturated heterocycles. The molecule has 2 aromatic heterocycles. The largest absolute Gasteiger partial charge is 0.368 e. The number of carbonyl (C=O) groups excluding carboxylic acids is 1. The topological polar surface area (TPSA) is 123 Å². The lowest BCUT2D eigenvalue weighted by atomic mass is 9.91. The monoisotopic (exact) mass is 476 g/mol. The van der Waals surface area contributed by atoms with E-state index in [1.165, 1.54) is 24.5 Å². The molecule has 0 saturated carbocycles. The maximum Gasteiger partial charge on any atom is 0.269 e. The molecule has 34 heavy (non-hydrogen) atoms. The molecule has 1 amide bonds. The van der Waals surface area contributed by atoms with E-state index < -0.39 is 10.0 Å². The van der Waals surface area contributed by atoms with Crippen molar-refractivity contribution in [1.29, 1.82) is 10.5 Å². The standard InChI is InChI=1S/C24H24N6O3S/c1-17-9-12-29(22(31)8-11-25)16-21(17)28(2)23-18(14-26)15-27-24-20(23)10-13-30(24)34(32,33)19-6-4-3-5-7-19/h3-7,10,13,15,17,21H,8-9,12,16H2,1-2H3/t17-,21?/m1/s1. The minimum absolute atomic E-state index is 0.122. The average Bonchev–Trinajstić information content (AvgIpc) is 3.29. The van der Waals surface area contributed by atoms with Gasteiger partial charge in [-0.05, 0) is 30.5 Å². The van der Waals surface area contributed by atoms with Crippen LogP contribution in [0.3, 0.4) is 0 Å². The summed E-state index contributed by atoms with van der Waals surface area (Å²) in [7, 11) is -2.03. The first kappa shape index (κ1) is 23.3. The lowest BCUT2D eigenvalue weighted by Crippen LogP contribution is -2.52. The summed E-state index contributed by atoms with van der Waals surface area (Å²) in [5.41, 5.74) is 1.11. The quantitative estimate of drug-likeness (QED) is 0.555. The van der Waals surface area contributed by atoms with Crippen LogP contribution in [0.25, 0.3) is 11.0 Å². The summed E-state index contributed by atoms with van der Waals surface area (Å²) in [6.45, 7) is 3.08. The van der Waals surface area contributed by atoms with E-state index in [0.717, 1.165) is 10.4 Å². The number of benzene rings is 1. The fraction of sp³-hybridized carbons (Fsp3) is 0.333. The van der Waals surface area contributed by atoms with E-state index in [2.05, 4.69) is 18.0 Å². The Hall–Kier alpha value is -3.89. The lowest BCUT2D eigenvalue weighted by molar-refractivity contribution is -0.131. The van der Waals surface area contributed by atoms with Crippen molar-refractivity contribution < 1.29 is 13.2 Å². The van der Waals surface area contributed by atoms with Crippen molar-refractivity contribution >= 4 is 32.7 Å². The predicted molar refractivity (Wildman–Crippen MR) is 126 cm³/mol. The van der Waals surface area contributed by atoms with Gasteiger partial charge >= 0.3 is 0 Å². The number of aromatic nitrogens is 2. The highest BCUT2D eigenvalue weighted by Crippen LogP contribution is 2.35. The molecule has 1 aliphatic rings. The highest BCUT2D eigenvalue weighted by atomic mass is 32.2. The molecule has 1 fully saturated rings. The zero-order valence-electron chi connectivity index (χ0n) is 18.9. The van der Waals surface area contributed by atoms with Gasteiger partial charge in [-0.1, -0.05) is 25.1 Å². The van der Waals surface area contributed by atoms with Crippen LogP contribution in [0, 0.1) is 28.6 Å². The van der Waals surface area contributed by atoms with Gasteiger partial charge in [0.05, 0.1) is 22.2 Å². The van der Waals surface area contributed by atoms with Crippen LogP contribution in [0.2, 0.25) is 0 Å². The number of anilines is 1. The molecule has 10 heteroatoms. The van der Waals surface area contributed by atoms with E-state index in [0.29, 0.717) is 29.7 Å². The second-order valence-corrected chi connectivity index (χ2v) is 10.2. The second kappa shape index (κ2) is 9.16. The van der Waals surface area contributed by atoms with E-state index in [-0.39, 0.29) is 34.8 Å². The zero-order chi connectivity index (χ0) is 24.5. The molecule has 0 N–H and O–H groups in total. The summed E-state index contributed by atoms with van der Waals surface area (Å²) in [6.07, 6.45) is 3.42. The number of nitriles is 2. The van der Waals surface area contributed by atoms with Crippen molar-refractivity contribution in [2.24, 2.45) is 5.92 Å². The summed E-state index contributed by atoms with van der Waals surface area (Å²) in [5, 5.41) is 19.2. The van der Waals surface area contributed by atoms with Gasteiger partial charge < -0.3 is 9.80 Å². The summed E-state index contributed by atoms with van der Waals surface area (Å²) in [5.74, 6) is -0.00526. The van der Waals surface area contributed by atoms with Gasteiger partial charge in [0.25, 0.3) is 10.0 Å². The Labute approximate surface area is 198 Å². The zero-order valence-corrected chi connectivity index (χ0v) is 19.7. The predicted octanol–water partition coefficient (Wildman–Crippen LogP) is 2.73. The molecule has 1 unspecified atom stereocenters. The molecule has 0 radical (unpaired) electrons. The molecular formula is C24H24N6O3S. The van der Waals surface area contributed by atoms with Gasteiger partial charge in [-0.25, -0.2) is 17.4 Å². The van der Waals surface area contributed by atoms with Crippen molar-refractivity contribution in [3.8, 4) is 12.1 Å². The molecular weight excluding hydrogens is 452 g/mol. The number of fused-ring (bicyclic) bond motifs is 1. The van der Waals surface area contributed by atoms with Gasteiger partial charge in [0.15, 0.2) is 5.65 Å². The Morgan fingerprint density at radius 2 is 1.97 bits per heavy atom. The third-order valence-electron chi connectivity index (χ3n) is 6.42. The van der Waals surface area contributed by atoms with E-state index in [1.54, 1.807) is 29.2 Å². The summed E-state index contributed by atoms with van der Waals surface area (Å²) in [6, 6.07) is 13.7. The molecule has 2 atom stereocenters. The van der Waals surface area contributed by atoms with Gasteiger partial charge in [-0.2, -0.15) is 10.5 Å². The average molecular weight is 477 g/mol. The third-order valence-corrected chi connectivity index (χ3v) is 8.11. The van der Waals surface area contributed by atoms with Gasteiger partial charge in [0.1, 0.15) is 12.5 Å². The molecule has 0 spiro atoms. The van der Waals surface area contributed by atoms with Gasteiger partial charge in [-0.3, -0.25) is 4.79 Å². The SMILES string of the molecule is C[C@@H]1CCN(C(=O)CC#N)CC1N(C)c1c(C#N)cnc2c1ccn2S(=O)(=O)c1ccccc1. The van der Waals surface area contributed by atoms with Crippen LogP contribution < -0.4 is 4.90 Å². The van der Waals surface area contributed by atoms with Gasteiger partial charge in [0, 0.05) is 44.0 Å². The number of pyridine rings is 1. The smallest absolute Gasteiger partial charge is 0.269 e. The lowest BCUT2D eigenvalue weighted by Gasteiger charge is -2.42. The minimum Gasteiger partial charge on any atom is -0.368 e. The number of rotatable bonds is 5. The van der Waals surface area contributed by atoms with Crippen LogP contribution in [0.4, 0.5) is 5.69 Å². The van der Waals surface area contributed by atoms with Crippen molar-refractivity contribution in [2.45, 2.75) is 30.7 Å². The first-order valence-corrected chi connectivity index (χ1v) is 12.3. The fourth-order valence-electron chi connectivity index (χ4n) is 4.54. The van der Waals surface area contributed by atoms with E-state index in [1.807, 2.05) is 18.0 Å². The molecule has 174 valence electrons. The molecule has 4 rings (SSSR count). The Morgan fingerprint density at radius 1 is 1.24 bits per heavy atom. The van der Waals surface area contributed by atoms with Crippen molar-refractivity contribution in [1.82, 2.24) is 13.9 Å². The van der Waals surface area contributed by atoms with E-state index in [9.17, 15) is 18.5 Å². The van der Waals surface area contributed by atoms with Crippen LogP contribution in [0.1, 0.15) is 25.3 Å². The maximum atomic E-state index is 13.3. The number of amides is 1. The summed E-state index contributed by atoms with van der Waals surface area (Å²) in [4.78, 5) is 20.4. The number of nitrogens with zero attached hydrogens (tertiary/aromatic N) is 6. The van der Waals surface area contributed by atoms with Crippen LogP contribution in [-0.4, -0.2) is 54.4 Å². The number of piperidine rings is 1. The molecule has 0 aliphatic carbocycles. The summed E-state index contributed by atoms with van der Waals surface area (Å²) >= 11 is 0. The Morgan fingerprint density at radius 3 is 2.65 bits per heavy atom. The number of hydrogen-bond donors (Lipinski definition) is 0. The fourth-order valence-corrected chi connectivity index (χ4v) is 5.86. The van der Waals surface area contributed by atoms with Gasteiger partial charge in [-0.15, -0.1) is 0 Å². The molecule has 1 aliphatic heterocycles. The van der Waals surface area contributed by atoms with Crippen LogP contribution in [0.5, 0.6) is 0 Å². The minimum atomic E-state index is -3.88. The van der Waals surface area contributed by atoms with Gasteiger partial charge in [0.2, 0.25) is 5.91 Å². The van der Waals surface area contributed by atoms with Crippen LogP contribution >= 0.6 is 0 Å². The van der Waals surface area contributed by atoms with Crippen LogP contribution in [-0.2, 0) is 14.8 Å². The Bertz CT molecular complexity index is 1420. The molecule has 3 aromatic rings.